The molecule has 0 saturated carbocycles. The third-order valence-electron chi connectivity index (χ3n) is 1.70. The summed E-state index contributed by atoms with van der Waals surface area (Å²) >= 11 is 8.39. The maximum atomic E-state index is 11.4. The van der Waals surface area contributed by atoms with Gasteiger partial charge in [0.05, 0.1) is 4.34 Å². The summed E-state index contributed by atoms with van der Waals surface area (Å²) in [6.45, 7) is -0.620. The number of carbonyl (C=O) groups is 2. The largest absolute Gasteiger partial charge is 0.479 e. The second kappa shape index (κ2) is 4.40. The molecule has 0 amide bonds. The minimum absolute atomic E-state index is 0.388. The number of halogens is 1. The summed E-state index contributed by atoms with van der Waals surface area (Å²) in [6, 6.07) is 3.42. The van der Waals surface area contributed by atoms with E-state index in [1.165, 1.54) is 22.7 Å². The quantitative estimate of drug-likeness (QED) is 0.876. The van der Waals surface area contributed by atoms with Crippen molar-refractivity contribution in [3.8, 4) is 0 Å². The fourth-order valence-corrected chi connectivity index (χ4v) is 3.54. The van der Waals surface area contributed by atoms with Crippen LogP contribution in [0.4, 0.5) is 0 Å². The SMILES string of the molecule is O=C(O)COC(=O)c1cc2sc(Cl)cc2s1. The number of esters is 1. The molecule has 0 unspecified atom stereocenters. The van der Waals surface area contributed by atoms with Gasteiger partial charge in [0.15, 0.2) is 6.61 Å². The van der Waals surface area contributed by atoms with E-state index in [0.29, 0.717) is 9.21 Å². The highest BCUT2D eigenvalue weighted by Gasteiger charge is 2.14. The third kappa shape index (κ3) is 2.34. The van der Waals surface area contributed by atoms with E-state index in [1.54, 1.807) is 12.1 Å². The molecule has 2 aromatic rings. The summed E-state index contributed by atoms with van der Waals surface area (Å²) in [5, 5.41) is 8.36. The molecule has 0 aliphatic rings. The van der Waals surface area contributed by atoms with Crippen molar-refractivity contribution in [1.29, 1.82) is 0 Å². The van der Waals surface area contributed by atoms with Crippen LogP contribution in [0.1, 0.15) is 9.67 Å². The first-order valence-corrected chi connectivity index (χ1v) is 6.15. The summed E-state index contributed by atoms with van der Waals surface area (Å²) in [4.78, 5) is 22.0. The van der Waals surface area contributed by atoms with E-state index >= 15 is 0 Å². The van der Waals surface area contributed by atoms with Gasteiger partial charge in [0.2, 0.25) is 0 Å². The Morgan fingerprint density at radius 3 is 2.62 bits per heavy atom. The number of rotatable bonds is 3. The normalized spacial score (nSPS) is 10.6. The van der Waals surface area contributed by atoms with E-state index in [-0.39, 0.29) is 0 Å². The maximum absolute atomic E-state index is 11.4. The van der Waals surface area contributed by atoms with Gasteiger partial charge in [-0.2, -0.15) is 0 Å². The first kappa shape index (κ1) is 11.4. The molecule has 84 valence electrons. The Kier molecular flexibility index (Phi) is 3.13. The van der Waals surface area contributed by atoms with Crippen LogP contribution in [0.25, 0.3) is 9.40 Å². The minimum Gasteiger partial charge on any atom is -0.479 e. The van der Waals surface area contributed by atoms with E-state index in [0.717, 1.165) is 9.40 Å². The van der Waals surface area contributed by atoms with Gasteiger partial charge in [0, 0.05) is 9.40 Å². The molecular formula is C9H5ClO4S2. The van der Waals surface area contributed by atoms with Crippen LogP contribution in [0.5, 0.6) is 0 Å². The zero-order valence-corrected chi connectivity index (χ0v) is 10.1. The van der Waals surface area contributed by atoms with Crippen LogP contribution in [0.3, 0.4) is 0 Å². The van der Waals surface area contributed by atoms with Gasteiger partial charge in [-0.05, 0) is 12.1 Å². The Bertz CT molecular complexity index is 525. The molecule has 16 heavy (non-hydrogen) atoms. The average molecular weight is 277 g/mol. The molecule has 2 heterocycles. The minimum atomic E-state index is -1.17. The van der Waals surface area contributed by atoms with E-state index < -0.39 is 18.5 Å². The van der Waals surface area contributed by atoms with Crippen LogP contribution >= 0.6 is 34.3 Å². The predicted octanol–water partition coefficient (Wildman–Crippen LogP) is 2.86. The number of fused-ring (bicyclic) bond motifs is 1. The standard InChI is InChI=1S/C9H5ClO4S2/c10-7-2-5-4(16-7)1-6(15-5)9(13)14-3-8(11)12/h1-2H,3H2,(H,11,12). The van der Waals surface area contributed by atoms with Gasteiger partial charge < -0.3 is 9.84 Å². The Hall–Kier alpha value is -1.11. The number of thiophene rings is 2. The van der Waals surface area contributed by atoms with Crippen molar-refractivity contribution in [3.05, 3.63) is 21.3 Å². The summed E-state index contributed by atoms with van der Waals surface area (Å²) in [7, 11) is 0. The Balaban J connectivity index is 2.17. The zero-order valence-electron chi connectivity index (χ0n) is 7.73. The van der Waals surface area contributed by atoms with Crippen LogP contribution in [0.2, 0.25) is 4.34 Å². The van der Waals surface area contributed by atoms with Crippen molar-refractivity contribution in [2.45, 2.75) is 0 Å². The van der Waals surface area contributed by atoms with Gasteiger partial charge in [-0.25, -0.2) is 9.59 Å². The summed E-state index contributed by atoms with van der Waals surface area (Å²) in [6.07, 6.45) is 0. The van der Waals surface area contributed by atoms with Gasteiger partial charge in [-0.3, -0.25) is 0 Å². The zero-order chi connectivity index (χ0) is 11.7. The maximum Gasteiger partial charge on any atom is 0.348 e. The smallest absolute Gasteiger partial charge is 0.348 e. The molecule has 4 nitrogen and oxygen atoms in total. The van der Waals surface area contributed by atoms with Gasteiger partial charge in [-0.15, -0.1) is 22.7 Å². The number of ether oxygens (including phenoxy) is 1. The van der Waals surface area contributed by atoms with E-state index in [9.17, 15) is 9.59 Å². The first-order valence-electron chi connectivity index (χ1n) is 4.14. The molecule has 2 aromatic heterocycles. The van der Waals surface area contributed by atoms with Crippen molar-refractivity contribution in [2.75, 3.05) is 6.61 Å². The van der Waals surface area contributed by atoms with Gasteiger partial charge in [-0.1, -0.05) is 11.6 Å². The van der Waals surface area contributed by atoms with Crippen LogP contribution in [0.15, 0.2) is 12.1 Å². The lowest BCUT2D eigenvalue weighted by atomic mass is 10.4. The molecule has 0 aliphatic heterocycles. The molecule has 0 bridgehead atoms. The molecule has 0 aromatic carbocycles. The van der Waals surface area contributed by atoms with Crippen molar-refractivity contribution in [2.24, 2.45) is 0 Å². The van der Waals surface area contributed by atoms with Crippen molar-refractivity contribution in [1.82, 2.24) is 0 Å². The van der Waals surface area contributed by atoms with Gasteiger partial charge >= 0.3 is 11.9 Å². The Morgan fingerprint density at radius 2 is 2.00 bits per heavy atom. The molecule has 7 heteroatoms. The number of hydrogen-bond donors (Lipinski definition) is 1. The monoisotopic (exact) mass is 276 g/mol. The lowest BCUT2D eigenvalue weighted by molar-refractivity contribution is -0.140. The van der Waals surface area contributed by atoms with Crippen molar-refractivity contribution >= 4 is 55.6 Å². The lowest BCUT2D eigenvalue weighted by Crippen LogP contribution is -2.11. The summed E-state index contributed by atoms with van der Waals surface area (Å²) in [5.74, 6) is -1.79. The second-order valence-corrected chi connectivity index (χ2v) is 5.66. The highest BCUT2D eigenvalue weighted by molar-refractivity contribution is 7.30. The highest BCUT2D eigenvalue weighted by Crippen LogP contribution is 2.35. The van der Waals surface area contributed by atoms with Crippen LogP contribution in [-0.2, 0) is 9.53 Å². The number of carboxylic acid groups (broad SMARTS) is 1. The van der Waals surface area contributed by atoms with Crippen molar-refractivity contribution < 1.29 is 19.4 Å². The first-order chi connectivity index (χ1) is 7.56. The van der Waals surface area contributed by atoms with E-state index in [1.807, 2.05) is 0 Å². The number of carbonyl (C=O) groups excluding carboxylic acids is 1. The number of aliphatic carboxylic acids is 1. The van der Waals surface area contributed by atoms with Crippen LogP contribution < -0.4 is 0 Å². The molecular weight excluding hydrogens is 272 g/mol. The molecule has 0 atom stereocenters. The van der Waals surface area contributed by atoms with Crippen LogP contribution in [-0.4, -0.2) is 23.7 Å². The fourth-order valence-electron chi connectivity index (χ4n) is 1.11. The Morgan fingerprint density at radius 1 is 1.31 bits per heavy atom. The Labute approximate surface area is 103 Å². The van der Waals surface area contributed by atoms with E-state index in [4.69, 9.17) is 16.7 Å². The average Bonchev–Trinajstić information content (AvgIpc) is 2.70. The summed E-state index contributed by atoms with van der Waals surface area (Å²) < 4.78 is 7.02. The molecule has 0 aliphatic carbocycles. The number of hydrogen-bond acceptors (Lipinski definition) is 5. The molecule has 2 rings (SSSR count). The molecule has 0 radical (unpaired) electrons. The number of carboxylic acids is 1. The van der Waals surface area contributed by atoms with E-state index in [2.05, 4.69) is 4.74 Å². The lowest BCUT2D eigenvalue weighted by Gasteiger charge is -1.97. The van der Waals surface area contributed by atoms with Crippen LogP contribution in [0, 0.1) is 0 Å². The fraction of sp³-hybridized carbons (Fsp3) is 0.111. The second-order valence-electron chi connectivity index (χ2n) is 2.86. The summed E-state index contributed by atoms with van der Waals surface area (Å²) in [5.41, 5.74) is 0. The predicted molar refractivity (Wildman–Crippen MR) is 62.6 cm³/mol. The molecule has 1 N–H and O–H groups in total. The molecule has 0 saturated heterocycles. The topological polar surface area (TPSA) is 63.6 Å². The molecule has 0 fully saturated rings. The van der Waals surface area contributed by atoms with Gasteiger partial charge in [0.25, 0.3) is 0 Å². The highest BCUT2D eigenvalue weighted by atomic mass is 35.5. The van der Waals surface area contributed by atoms with Crippen molar-refractivity contribution in [3.63, 3.8) is 0 Å². The third-order valence-corrected chi connectivity index (χ3v) is 4.11. The molecule has 0 spiro atoms. The van der Waals surface area contributed by atoms with Gasteiger partial charge in [0.1, 0.15) is 4.88 Å².